The van der Waals surface area contributed by atoms with Crippen LogP contribution in [0.3, 0.4) is 0 Å². The lowest BCUT2D eigenvalue weighted by Gasteiger charge is -2.08. The van der Waals surface area contributed by atoms with E-state index in [1.807, 2.05) is 0 Å². The summed E-state index contributed by atoms with van der Waals surface area (Å²) in [4.78, 5) is 26.4. The largest absolute Gasteiger partial charge is 0.465 e. The van der Waals surface area contributed by atoms with E-state index in [2.05, 4.69) is 14.5 Å². The molecular weight excluding hydrogens is 322 g/mol. The molecule has 0 aliphatic rings. The van der Waals surface area contributed by atoms with Gasteiger partial charge in [0.05, 0.1) is 29.4 Å². The number of ether oxygens (including phenoxy) is 2. The third-order valence-corrected chi connectivity index (χ3v) is 3.40. The highest BCUT2D eigenvalue weighted by Crippen LogP contribution is 2.22. The summed E-state index contributed by atoms with van der Waals surface area (Å²) in [6.07, 6.45) is 0. The molecule has 3 aromatic rings. The van der Waals surface area contributed by atoms with E-state index < -0.39 is 18.3 Å². The number of methoxy groups -OCH3 is 1. The number of benzene rings is 2. The van der Waals surface area contributed by atoms with E-state index in [-0.39, 0.29) is 11.3 Å². The standard InChI is InChI=1S/C16H12F2N2O4/c1-23-14(21)9-5-6-13-12(7-9)19-16(22)20(13)10-3-2-4-11(8-10)24-15(17)18/h2-8,15H,1H3,(H,19,22). The Morgan fingerprint density at radius 3 is 2.71 bits per heavy atom. The van der Waals surface area contributed by atoms with Crippen molar-refractivity contribution in [1.29, 1.82) is 0 Å². The average Bonchev–Trinajstić information content (AvgIpc) is 2.88. The summed E-state index contributed by atoms with van der Waals surface area (Å²) in [5, 5.41) is 0. The molecule has 0 saturated heterocycles. The number of nitrogens with zero attached hydrogens (tertiary/aromatic N) is 1. The number of hydrogen-bond acceptors (Lipinski definition) is 4. The van der Waals surface area contributed by atoms with E-state index in [4.69, 9.17) is 0 Å². The highest BCUT2D eigenvalue weighted by Gasteiger charge is 2.13. The Morgan fingerprint density at radius 2 is 2.00 bits per heavy atom. The molecule has 0 amide bonds. The van der Waals surface area contributed by atoms with E-state index in [9.17, 15) is 18.4 Å². The summed E-state index contributed by atoms with van der Waals surface area (Å²) in [5.41, 5.74) is 1.08. The molecular formula is C16H12F2N2O4. The Bertz CT molecular complexity index is 962. The monoisotopic (exact) mass is 334 g/mol. The molecule has 0 aliphatic heterocycles. The molecule has 24 heavy (non-hydrogen) atoms. The van der Waals surface area contributed by atoms with Gasteiger partial charge in [-0.05, 0) is 30.3 Å². The van der Waals surface area contributed by atoms with Crippen molar-refractivity contribution < 1.29 is 23.0 Å². The summed E-state index contributed by atoms with van der Waals surface area (Å²) in [6.45, 7) is -2.96. The van der Waals surface area contributed by atoms with Gasteiger partial charge in [-0.25, -0.2) is 9.59 Å². The lowest BCUT2D eigenvalue weighted by atomic mass is 10.2. The van der Waals surface area contributed by atoms with Gasteiger partial charge in [0, 0.05) is 6.07 Å². The molecule has 0 aliphatic carbocycles. The van der Waals surface area contributed by atoms with Crippen molar-refractivity contribution >= 4 is 17.0 Å². The maximum absolute atomic E-state index is 12.3. The van der Waals surface area contributed by atoms with Crippen LogP contribution >= 0.6 is 0 Å². The van der Waals surface area contributed by atoms with Crippen molar-refractivity contribution in [1.82, 2.24) is 9.55 Å². The molecule has 0 unspecified atom stereocenters. The van der Waals surface area contributed by atoms with Crippen LogP contribution in [-0.2, 0) is 4.74 Å². The van der Waals surface area contributed by atoms with Crippen molar-refractivity contribution in [3.05, 3.63) is 58.5 Å². The van der Waals surface area contributed by atoms with Gasteiger partial charge in [0.2, 0.25) is 0 Å². The first-order chi connectivity index (χ1) is 11.5. The second kappa shape index (κ2) is 6.15. The molecule has 3 rings (SSSR count). The SMILES string of the molecule is COC(=O)c1ccc2c(c1)[nH]c(=O)n2-c1cccc(OC(F)F)c1. The van der Waals surface area contributed by atoms with E-state index >= 15 is 0 Å². The van der Waals surface area contributed by atoms with Crippen molar-refractivity contribution in [2.75, 3.05) is 7.11 Å². The van der Waals surface area contributed by atoms with Crippen LogP contribution < -0.4 is 10.4 Å². The number of nitrogens with one attached hydrogen (secondary N) is 1. The number of hydrogen-bond donors (Lipinski definition) is 1. The van der Waals surface area contributed by atoms with Crippen LogP contribution in [0.15, 0.2) is 47.3 Å². The van der Waals surface area contributed by atoms with Crippen LogP contribution in [0.25, 0.3) is 16.7 Å². The minimum absolute atomic E-state index is 0.0602. The Kier molecular flexibility index (Phi) is 4.03. The molecule has 0 bridgehead atoms. The summed E-state index contributed by atoms with van der Waals surface area (Å²) in [6, 6.07) is 10.3. The van der Waals surface area contributed by atoms with E-state index in [1.165, 1.54) is 42.0 Å². The maximum Gasteiger partial charge on any atom is 0.387 e. The first-order valence-corrected chi connectivity index (χ1v) is 6.88. The lowest BCUT2D eigenvalue weighted by Crippen LogP contribution is -2.14. The van der Waals surface area contributed by atoms with Gasteiger partial charge in [-0.1, -0.05) is 6.07 Å². The second-order valence-electron chi connectivity index (χ2n) is 4.86. The fourth-order valence-corrected chi connectivity index (χ4v) is 2.41. The highest BCUT2D eigenvalue weighted by atomic mass is 19.3. The van der Waals surface area contributed by atoms with Crippen molar-refractivity contribution in [3.63, 3.8) is 0 Å². The van der Waals surface area contributed by atoms with Gasteiger partial charge in [-0.3, -0.25) is 4.57 Å². The van der Waals surface area contributed by atoms with Crippen LogP contribution in [0.4, 0.5) is 8.78 Å². The fourth-order valence-electron chi connectivity index (χ4n) is 2.41. The zero-order chi connectivity index (χ0) is 17.3. The predicted molar refractivity (Wildman–Crippen MR) is 81.9 cm³/mol. The van der Waals surface area contributed by atoms with Gasteiger partial charge in [-0.15, -0.1) is 0 Å². The van der Waals surface area contributed by atoms with E-state index in [0.717, 1.165) is 0 Å². The van der Waals surface area contributed by atoms with Crippen LogP contribution in [0, 0.1) is 0 Å². The third kappa shape index (κ3) is 2.85. The van der Waals surface area contributed by atoms with E-state index in [1.54, 1.807) is 12.1 Å². The zero-order valence-electron chi connectivity index (χ0n) is 12.5. The summed E-state index contributed by atoms with van der Waals surface area (Å²) in [5.74, 6) is -0.590. The Balaban J connectivity index is 2.11. The predicted octanol–water partition coefficient (Wildman–Crippen LogP) is 2.71. The number of aromatic nitrogens is 2. The summed E-state index contributed by atoms with van der Waals surface area (Å²) < 4.78 is 35.0. The molecule has 0 saturated carbocycles. The molecule has 6 nitrogen and oxygen atoms in total. The normalized spacial score (nSPS) is 11.0. The van der Waals surface area contributed by atoms with Gasteiger partial charge in [0.25, 0.3) is 0 Å². The van der Waals surface area contributed by atoms with Gasteiger partial charge in [0.15, 0.2) is 0 Å². The van der Waals surface area contributed by atoms with Crippen LogP contribution in [0.2, 0.25) is 0 Å². The average molecular weight is 334 g/mol. The minimum Gasteiger partial charge on any atom is -0.465 e. The van der Waals surface area contributed by atoms with Gasteiger partial charge in [0.1, 0.15) is 5.75 Å². The molecule has 2 aromatic carbocycles. The van der Waals surface area contributed by atoms with Crippen LogP contribution in [0.5, 0.6) is 5.75 Å². The Morgan fingerprint density at radius 1 is 1.21 bits per heavy atom. The van der Waals surface area contributed by atoms with Crippen molar-refractivity contribution in [3.8, 4) is 11.4 Å². The van der Waals surface area contributed by atoms with Crippen molar-refractivity contribution in [2.45, 2.75) is 6.61 Å². The number of alkyl halides is 2. The molecule has 1 heterocycles. The Labute approximate surface area is 134 Å². The van der Waals surface area contributed by atoms with Gasteiger partial charge >= 0.3 is 18.3 Å². The number of H-pyrrole nitrogens is 1. The maximum atomic E-state index is 12.3. The number of fused-ring (bicyclic) bond motifs is 1. The lowest BCUT2D eigenvalue weighted by molar-refractivity contribution is -0.0498. The molecule has 0 radical (unpaired) electrons. The highest BCUT2D eigenvalue weighted by molar-refractivity contribution is 5.93. The number of halogens is 2. The summed E-state index contributed by atoms with van der Waals surface area (Å²) in [7, 11) is 1.26. The third-order valence-electron chi connectivity index (χ3n) is 3.40. The van der Waals surface area contributed by atoms with Gasteiger partial charge < -0.3 is 14.5 Å². The molecule has 0 spiro atoms. The van der Waals surface area contributed by atoms with Crippen LogP contribution in [-0.4, -0.2) is 29.2 Å². The number of aromatic amines is 1. The molecule has 1 N–H and O–H groups in total. The fraction of sp³-hybridized carbons (Fsp3) is 0.125. The number of carbonyl (C=O) groups excluding carboxylic acids is 1. The van der Waals surface area contributed by atoms with Crippen molar-refractivity contribution in [2.24, 2.45) is 0 Å². The molecule has 0 fully saturated rings. The van der Waals surface area contributed by atoms with Gasteiger partial charge in [-0.2, -0.15) is 8.78 Å². The summed E-state index contributed by atoms with van der Waals surface area (Å²) >= 11 is 0. The first-order valence-electron chi connectivity index (χ1n) is 6.88. The first kappa shape index (κ1) is 15.7. The van der Waals surface area contributed by atoms with E-state index in [0.29, 0.717) is 16.7 Å². The number of esters is 1. The molecule has 0 atom stereocenters. The molecule has 1 aromatic heterocycles. The molecule has 8 heteroatoms. The quantitative estimate of drug-likeness (QED) is 0.745. The number of rotatable bonds is 4. The van der Waals surface area contributed by atoms with Crippen LogP contribution in [0.1, 0.15) is 10.4 Å². The smallest absolute Gasteiger partial charge is 0.387 e. The number of imidazole rings is 1. The number of carbonyl (C=O) groups is 1. The zero-order valence-corrected chi connectivity index (χ0v) is 12.5. The Hall–Kier alpha value is -3.16. The topological polar surface area (TPSA) is 73.3 Å². The minimum atomic E-state index is -2.96. The second-order valence-corrected chi connectivity index (χ2v) is 4.86. The molecule has 124 valence electrons.